The highest BCUT2D eigenvalue weighted by atomic mass is 16.5. The fourth-order valence-electron chi connectivity index (χ4n) is 2.37. The third kappa shape index (κ3) is 3.43. The van der Waals surface area contributed by atoms with Gasteiger partial charge in [0.25, 0.3) is 0 Å². The molecule has 0 unspecified atom stereocenters. The molecule has 2 N–H and O–H groups in total. The van der Waals surface area contributed by atoms with Gasteiger partial charge in [0.2, 0.25) is 0 Å². The third-order valence-corrected chi connectivity index (χ3v) is 3.37. The van der Waals surface area contributed by atoms with Crippen molar-refractivity contribution in [1.29, 1.82) is 0 Å². The van der Waals surface area contributed by atoms with Gasteiger partial charge < -0.3 is 10.5 Å². The first-order valence-corrected chi connectivity index (χ1v) is 7.09. The van der Waals surface area contributed by atoms with Crippen LogP contribution in [-0.2, 0) is 6.42 Å². The molecule has 0 aliphatic carbocycles. The first-order valence-electron chi connectivity index (χ1n) is 7.09. The molecule has 0 aliphatic heterocycles. The lowest BCUT2D eigenvalue weighted by Gasteiger charge is -2.11. The number of rotatable bonds is 5. The molecule has 0 aromatic heterocycles. The predicted octanol–water partition coefficient (Wildman–Crippen LogP) is 3.71. The molecule has 3 nitrogen and oxygen atoms in total. The average Bonchev–Trinajstić information content (AvgIpc) is 2.46. The molecule has 110 valence electrons. The van der Waals surface area contributed by atoms with Gasteiger partial charge in [-0.2, -0.15) is 0 Å². The molecule has 0 aliphatic rings. The van der Waals surface area contributed by atoms with E-state index in [1.807, 2.05) is 24.3 Å². The molecule has 3 heteroatoms. The largest absolute Gasteiger partial charge is 0.496 e. The predicted molar refractivity (Wildman–Crippen MR) is 85.8 cm³/mol. The second-order valence-electron chi connectivity index (χ2n) is 5.55. The Balaban J connectivity index is 2.32. The summed E-state index contributed by atoms with van der Waals surface area (Å²) >= 11 is 0. The van der Waals surface area contributed by atoms with E-state index in [-0.39, 0.29) is 5.78 Å². The fraction of sp³-hybridized carbons (Fsp3) is 0.278. The van der Waals surface area contributed by atoms with Crippen LogP contribution in [0.2, 0.25) is 0 Å². The van der Waals surface area contributed by atoms with Crippen LogP contribution < -0.4 is 10.5 Å². The Labute approximate surface area is 125 Å². The van der Waals surface area contributed by atoms with E-state index in [4.69, 9.17) is 10.5 Å². The van der Waals surface area contributed by atoms with E-state index in [1.165, 1.54) is 12.7 Å². The molecule has 0 spiro atoms. The molecule has 2 aromatic rings. The minimum absolute atomic E-state index is 0.110. The van der Waals surface area contributed by atoms with Crippen LogP contribution in [0.5, 0.6) is 5.75 Å². The van der Waals surface area contributed by atoms with Gasteiger partial charge in [-0.25, -0.2) is 0 Å². The van der Waals surface area contributed by atoms with Crippen molar-refractivity contribution in [1.82, 2.24) is 0 Å². The van der Waals surface area contributed by atoms with Crippen molar-refractivity contribution < 1.29 is 9.53 Å². The lowest BCUT2D eigenvalue weighted by atomic mass is 9.97. The van der Waals surface area contributed by atoms with Crippen LogP contribution in [-0.4, -0.2) is 12.9 Å². The fourth-order valence-corrected chi connectivity index (χ4v) is 2.37. The summed E-state index contributed by atoms with van der Waals surface area (Å²) in [6, 6.07) is 12.9. The molecule has 21 heavy (non-hydrogen) atoms. The normalized spacial score (nSPS) is 10.7. The standard InChI is InChI=1S/C18H21NO2/c1-12(2)11-13-7-9-14(10-8-13)18(20)17-15(19)5-4-6-16(17)21-3/h4-10,12H,11,19H2,1-3H3. The molecule has 2 rings (SSSR count). The summed E-state index contributed by atoms with van der Waals surface area (Å²) in [6.45, 7) is 4.35. The van der Waals surface area contributed by atoms with E-state index in [2.05, 4.69) is 13.8 Å². The Morgan fingerprint density at radius 3 is 2.38 bits per heavy atom. The zero-order chi connectivity index (χ0) is 15.4. The average molecular weight is 283 g/mol. The molecule has 0 radical (unpaired) electrons. The number of ketones is 1. The van der Waals surface area contributed by atoms with Gasteiger partial charge in [-0.15, -0.1) is 0 Å². The number of carbonyl (C=O) groups excluding carboxylic acids is 1. The van der Waals surface area contributed by atoms with Crippen LogP contribution in [0.25, 0.3) is 0 Å². The number of benzene rings is 2. The summed E-state index contributed by atoms with van der Waals surface area (Å²) in [4.78, 5) is 12.6. The number of nitrogen functional groups attached to an aromatic ring is 1. The quantitative estimate of drug-likeness (QED) is 0.672. The molecule has 0 fully saturated rings. The second kappa shape index (κ2) is 6.44. The molecule has 2 aromatic carbocycles. The van der Waals surface area contributed by atoms with Gasteiger partial charge >= 0.3 is 0 Å². The first kappa shape index (κ1) is 15.1. The highest BCUT2D eigenvalue weighted by Gasteiger charge is 2.17. The maximum atomic E-state index is 12.6. The maximum absolute atomic E-state index is 12.6. The zero-order valence-corrected chi connectivity index (χ0v) is 12.7. The SMILES string of the molecule is COc1cccc(N)c1C(=O)c1ccc(CC(C)C)cc1. The molecule has 0 amide bonds. The third-order valence-electron chi connectivity index (χ3n) is 3.37. The number of hydrogen-bond acceptors (Lipinski definition) is 3. The molecule has 0 saturated heterocycles. The molecule has 0 saturated carbocycles. The summed E-state index contributed by atoms with van der Waals surface area (Å²) < 4.78 is 5.24. The molecular weight excluding hydrogens is 262 g/mol. The van der Waals surface area contributed by atoms with Crippen molar-refractivity contribution in [3.8, 4) is 5.75 Å². The number of carbonyl (C=O) groups is 1. The monoisotopic (exact) mass is 283 g/mol. The summed E-state index contributed by atoms with van der Waals surface area (Å²) in [5, 5.41) is 0. The lowest BCUT2D eigenvalue weighted by Crippen LogP contribution is -2.08. The molecule has 0 heterocycles. The van der Waals surface area contributed by atoms with Crippen molar-refractivity contribution >= 4 is 11.5 Å². The van der Waals surface area contributed by atoms with Crippen LogP contribution in [0.1, 0.15) is 35.3 Å². The van der Waals surface area contributed by atoms with Gasteiger partial charge in [-0.3, -0.25) is 4.79 Å². The Hall–Kier alpha value is -2.29. The topological polar surface area (TPSA) is 52.3 Å². The summed E-state index contributed by atoms with van der Waals surface area (Å²) in [7, 11) is 1.54. The van der Waals surface area contributed by atoms with Gasteiger partial charge in [0.1, 0.15) is 5.75 Å². The Morgan fingerprint density at radius 1 is 1.14 bits per heavy atom. The van der Waals surface area contributed by atoms with Crippen LogP contribution in [0.15, 0.2) is 42.5 Å². The van der Waals surface area contributed by atoms with Crippen LogP contribution in [0, 0.1) is 5.92 Å². The molecular formula is C18H21NO2. The van der Waals surface area contributed by atoms with E-state index in [9.17, 15) is 4.79 Å². The van der Waals surface area contributed by atoms with E-state index >= 15 is 0 Å². The van der Waals surface area contributed by atoms with Crippen molar-refractivity contribution in [2.24, 2.45) is 5.92 Å². The van der Waals surface area contributed by atoms with Gasteiger partial charge in [0.15, 0.2) is 5.78 Å². The number of nitrogens with two attached hydrogens (primary N) is 1. The van der Waals surface area contributed by atoms with Crippen LogP contribution >= 0.6 is 0 Å². The van der Waals surface area contributed by atoms with Crippen molar-refractivity contribution in [2.45, 2.75) is 20.3 Å². The van der Waals surface area contributed by atoms with E-state index in [0.717, 1.165) is 6.42 Å². The van der Waals surface area contributed by atoms with Gasteiger partial charge in [0.05, 0.1) is 12.7 Å². The number of ether oxygens (including phenoxy) is 1. The van der Waals surface area contributed by atoms with E-state index in [0.29, 0.717) is 28.5 Å². The summed E-state index contributed by atoms with van der Waals surface area (Å²) in [6.07, 6.45) is 1.01. The minimum Gasteiger partial charge on any atom is -0.496 e. The van der Waals surface area contributed by atoms with Crippen molar-refractivity contribution in [3.63, 3.8) is 0 Å². The van der Waals surface area contributed by atoms with Crippen LogP contribution in [0.4, 0.5) is 5.69 Å². The number of methoxy groups -OCH3 is 1. The molecule has 0 bridgehead atoms. The number of hydrogen-bond donors (Lipinski definition) is 1. The highest BCUT2D eigenvalue weighted by Crippen LogP contribution is 2.27. The Bertz CT molecular complexity index is 630. The molecule has 0 atom stereocenters. The maximum Gasteiger partial charge on any atom is 0.198 e. The van der Waals surface area contributed by atoms with Crippen molar-refractivity contribution in [3.05, 3.63) is 59.2 Å². The minimum atomic E-state index is -0.110. The van der Waals surface area contributed by atoms with Gasteiger partial charge in [-0.1, -0.05) is 44.2 Å². The van der Waals surface area contributed by atoms with E-state index in [1.54, 1.807) is 18.2 Å². The number of anilines is 1. The van der Waals surface area contributed by atoms with Gasteiger partial charge in [-0.05, 0) is 30.0 Å². The lowest BCUT2D eigenvalue weighted by molar-refractivity contribution is 0.103. The zero-order valence-electron chi connectivity index (χ0n) is 12.7. The Kier molecular flexibility index (Phi) is 4.63. The Morgan fingerprint density at radius 2 is 1.81 bits per heavy atom. The summed E-state index contributed by atoms with van der Waals surface area (Å²) in [5.74, 6) is 0.990. The second-order valence-corrected chi connectivity index (χ2v) is 5.55. The van der Waals surface area contributed by atoms with E-state index < -0.39 is 0 Å². The first-order chi connectivity index (χ1) is 10.0. The highest BCUT2D eigenvalue weighted by molar-refractivity contribution is 6.13. The van der Waals surface area contributed by atoms with Crippen molar-refractivity contribution in [2.75, 3.05) is 12.8 Å². The summed E-state index contributed by atoms with van der Waals surface area (Å²) in [5.41, 5.74) is 8.65. The van der Waals surface area contributed by atoms with Gasteiger partial charge in [0, 0.05) is 11.3 Å². The smallest absolute Gasteiger partial charge is 0.198 e. The van der Waals surface area contributed by atoms with Crippen LogP contribution in [0.3, 0.4) is 0 Å².